The number of aliphatic hydroxyl groups is 1. The summed E-state index contributed by atoms with van der Waals surface area (Å²) in [4.78, 5) is 2.43. The van der Waals surface area contributed by atoms with Gasteiger partial charge in [0, 0.05) is 37.5 Å². The Labute approximate surface area is 116 Å². The van der Waals surface area contributed by atoms with Crippen LogP contribution >= 0.6 is 0 Å². The minimum atomic E-state index is 0.251. The predicted molar refractivity (Wildman–Crippen MR) is 80.8 cm³/mol. The van der Waals surface area contributed by atoms with Crippen LogP contribution in [0.5, 0.6) is 0 Å². The lowest BCUT2D eigenvalue weighted by atomic mass is 10.0. The van der Waals surface area contributed by atoms with Crippen LogP contribution in [0.2, 0.25) is 0 Å². The molecule has 0 aromatic heterocycles. The van der Waals surface area contributed by atoms with Gasteiger partial charge in [-0.05, 0) is 37.0 Å². The highest BCUT2D eigenvalue weighted by atomic mass is 16.3. The predicted octanol–water partition coefficient (Wildman–Crippen LogP) is 2.36. The number of rotatable bonds is 4. The molecule has 1 aromatic carbocycles. The Kier molecular flexibility index (Phi) is 4.83. The van der Waals surface area contributed by atoms with Crippen molar-refractivity contribution in [2.75, 3.05) is 24.6 Å². The molecule has 2 rings (SSSR count). The van der Waals surface area contributed by atoms with Crippen molar-refractivity contribution >= 4 is 5.69 Å². The Bertz CT molecular complexity index is 388. The lowest BCUT2D eigenvalue weighted by Crippen LogP contribution is -2.56. The van der Waals surface area contributed by atoms with E-state index in [0.29, 0.717) is 18.0 Å². The first-order valence-electron chi connectivity index (χ1n) is 7.32. The number of nitrogens with zero attached hydrogens (tertiary/aromatic N) is 1. The molecule has 1 fully saturated rings. The fourth-order valence-corrected chi connectivity index (χ4v) is 2.73. The summed E-state index contributed by atoms with van der Waals surface area (Å²) >= 11 is 0. The van der Waals surface area contributed by atoms with Crippen LogP contribution in [0.15, 0.2) is 24.3 Å². The zero-order chi connectivity index (χ0) is 13.8. The van der Waals surface area contributed by atoms with E-state index in [-0.39, 0.29) is 6.61 Å². The van der Waals surface area contributed by atoms with Gasteiger partial charge in [-0.15, -0.1) is 0 Å². The smallest absolute Gasteiger partial charge is 0.0451 e. The standard InChI is InChI=1S/C16H26N2O/c1-12(2)14-4-6-15(7-5-14)18-11-13(3)17-10-16(18)8-9-19/h4-7,12-13,16-17,19H,8-11H2,1-3H3. The summed E-state index contributed by atoms with van der Waals surface area (Å²) in [5.74, 6) is 0.573. The van der Waals surface area contributed by atoms with E-state index in [9.17, 15) is 5.11 Å². The fraction of sp³-hybridized carbons (Fsp3) is 0.625. The monoisotopic (exact) mass is 262 g/mol. The molecule has 106 valence electrons. The molecule has 2 atom stereocenters. The van der Waals surface area contributed by atoms with Gasteiger partial charge in [-0.2, -0.15) is 0 Å². The van der Waals surface area contributed by atoms with Gasteiger partial charge >= 0.3 is 0 Å². The number of piperazine rings is 1. The molecule has 1 aliphatic heterocycles. The number of benzene rings is 1. The van der Waals surface area contributed by atoms with Gasteiger partial charge in [0.05, 0.1) is 0 Å². The second-order valence-corrected chi connectivity index (χ2v) is 5.87. The number of hydrogen-bond donors (Lipinski definition) is 2. The third-order valence-electron chi connectivity index (χ3n) is 3.97. The minimum absolute atomic E-state index is 0.251. The Hall–Kier alpha value is -1.06. The molecule has 1 aromatic rings. The summed E-state index contributed by atoms with van der Waals surface area (Å²) in [6, 6.07) is 9.78. The lowest BCUT2D eigenvalue weighted by Gasteiger charge is -2.41. The Balaban J connectivity index is 2.16. The molecule has 3 nitrogen and oxygen atoms in total. The molecular formula is C16H26N2O. The average Bonchev–Trinajstić information content (AvgIpc) is 2.41. The molecule has 0 radical (unpaired) electrons. The lowest BCUT2D eigenvalue weighted by molar-refractivity contribution is 0.260. The maximum atomic E-state index is 9.21. The van der Waals surface area contributed by atoms with E-state index in [1.807, 2.05) is 0 Å². The van der Waals surface area contributed by atoms with Crippen LogP contribution in [0.1, 0.15) is 38.7 Å². The third kappa shape index (κ3) is 3.48. The highest BCUT2D eigenvalue weighted by Gasteiger charge is 2.25. The van der Waals surface area contributed by atoms with Gasteiger partial charge in [-0.3, -0.25) is 0 Å². The molecule has 0 spiro atoms. The summed E-state index contributed by atoms with van der Waals surface area (Å²) in [6.45, 7) is 8.86. The van der Waals surface area contributed by atoms with Crippen LogP contribution in [-0.2, 0) is 0 Å². The summed E-state index contributed by atoms with van der Waals surface area (Å²) in [6.07, 6.45) is 0.825. The second kappa shape index (κ2) is 6.40. The van der Waals surface area contributed by atoms with Crippen molar-refractivity contribution in [3.63, 3.8) is 0 Å². The molecule has 1 aliphatic rings. The zero-order valence-electron chi connectivity index (χ0n) is 12.3. The van der Waals surface area contributed by atoms with E-state index in [0.717, 1.165) is 19.5 Å². The van der Waals surface area contributed by atoms with E-state index in [1.54, 1.807) is 0 Å². The Morgan fingerprint density at radius 2 is 2.00 bits per heavy atom. The number of nitrogens with one attached hydrogen (secondary N) is 1. The third-order valence-corrected chi connectivity index (χ3v) is 3.97. The average molecular weight is 262 g/mol. The maximum Gasteiger partial charge on any atom is 0.0451 e. The van der Waals surface area contributed by atoms with Gasteiger partial charge in [-0.25, -0.2) is 0 Å². The molecular weight excluding hydrogens is 236 g/mol. The maximum absolute atomic E-state index is 9.21. The minimum Gasteiger partial charge on any atom is -0.396 e. The van der Waals surface area contributed by atoms with Crippen LogP contribution in [0, 0.1) is 0 Å². The van der Waals surface area contributed by atoms with Gasteiger partial charge in [0.1, 0.15) is 0 Å². The first-order chi connectivity index (χ1) is 9.11. The van der Waals surface area contributed by atoms with Crippen molar-refractivity contribution in [1.29, 1.82) is 0 Å². The van der Waals surface area contributed by atoms with Crippen molar-refractivity contribution in [2.45, 2.75) is 45.2 Å². The van der Waals surface area contributed by atoms with E-state index in [2.05, 4.69) is 55.3 Å². The highest BCUT2D eigenvalue weighted by Crippen LogP contribution is 2.24. The largest absolute Gasteiger partial charge is 0.396 e. The molecule has 2 unspecified atom stereocenters. The molecule has 2 N–H and O–H groups in total. The summed E-state index contributed by atoms with van der Waals surface area (Å²) < 4.78 is 0. The van der Waals surface area contributed by atoms with Crippen LogP contribution < -0.4 is 10.2 Å². The van der Waals surface area contributed by atoms with E-state index in [1.165, 1.54) is 11.3 Å². The molecule has 1 saturated heterocycles. The van der Waals surface area contributed by atoms with Crippen molar-refractivity contribution in [2.24, 2.45) is 0 Å². The SMILES string of the molecule is CC1CN(c2ccc(C(C)C)cc2)C(CCO)CN1. The highest BCUT2D eigenvalue weighted by molar-refractivity contribution is 5.49. The molecule has 1 heterocycles. The van der Waals surface area contributed by atoms with Crippen molar-refractivity contribution in [3.8, 4) is 0 Å². The quantitative estimate of drug-likeness (QED) is 0.874. The van der Waals surface area contributed by atoms with Gasteiger partial charge in [0.25, 0.3) is 0 Å². The van der Waals surface area contributed by atoms with Crippen LogP contribution in [0.4, 0.5) is 5.69 Å². The van der Waals surface area contributed by atoms with E-state index < -0.39 is 0 Å². The summed E-state index contributed by atoms with van der Waals surface area (Å²) in [5, 5.41) is 12.7. The van der Waals surface area contributed by atoms with Crippen molar-refractivity contribution in [1.82, 2.24) is 5.32 Å². The topological polar surface area (TPSA) is 35.5 Å². The molecule has 3 heteroatoms. The first-order valence-corrected chi connectivity index (χ1v) is 7.32. The second-order valence-electron chi connectivity index (χ2n) is 5.87. The number of anilines is 1. The normalized spacial score (nSPS) is 23.9. The van der Waals surface area contributed by atoms with Gasteiger partial charge < -0.3 is 15.3 Å². The molecule has 0 bridgehead atoms. The Morgan fingerprint density at radius 1 is 1.32 bits per heavy atom. The van der Waals surface area contributed by atoms with Gasteiger partial charge in [-0.1, -0.05) is 26.0 Å². The van der Waals surface area contributed by atoms with Crippen LogP contribution in [0.3, 0.4) is 0 Å². The fourth-order valence-electron chi connectivity index (χ4n) is 2.73. The van der Waals surface area contributed by atoms with Gasteiger partial charge in [0.2, 0.25) is 0 Å². The van der Waals surface area contributed by atoms with E-state index in [4.69, 9.17) is 0 Å². The van der Waals surface area contributed by atoms with Crippen molar-refractivity contribution < 1.29 is 5.11 Å². The molecule has 0 saturated carbocycles. The molecule has 0 aliphatic carbocycles. The van der Waals surface area contributed by atoms with Gasteiger partial charge in [0.15, 0.2) is 0 Å². The van der Waals surface area contributed by atoms with Crippen LogP contribution in [0.25, 0.3) is 0 Å². The molecule has 0 amide bonds. The number of hydrogen-bond acceptors (Lipinski definition) is 3. The van der Waals surface area contributed by atoms with E-state index >= 15 is 0 Å². The molecule has 19 heavy (non-hydrogen) atoms. The number of aliphatic hydroxyl groups excluding tert-OH is 1. The Morgan fingerprint density at radius 3 is 2.58 bits per heavy atom. The first kappa shape index (κ1) is 14.4. The van der Waals surface area contributed by atoms with Crippen LogP contribution in [-0.4, -0.2) is 36.9 Å². The summed E-state index contributed by atoms with van der Waals surface area (Å²) in [7, 11) is 0. The zero-order valence-corrected chi connectivity index (χ0v) is 12.3. The summed E-state index contributed by atoms with van der Waals surface area (Å²) in [5.41, 5.74) is 2.65. The van der Waals surface area contributed by atoms with Crippen molar-refractivity contribution in [3.05, 3.63) is 29.8 Å².